The number of fused-ring (bicyclic) bond motifs is 1. The van der Waals surface area contributed by atoms with Gasteiger partial charge in [-0.15, -0.1) is 0 Å². The van der Waals surface area contributed by atoms with Gasteiger partial charge in [-0.1, -0.05) is 0 Å². The van der Waals surface area contributed by atoms with E-state index in [0.717, 1.165) is 51.4 Å². The smallest absolute Gasteiger partial charge is 0.266 e. The molecule has 2 aromatic rings. The van der Waals surface area contributed by atoms with Crippen LogP contribution in [0.2, 0.25) is 0 Å². The van der Waals surface area contributed by atoms with Crippen LogP contribution < -0.4 is 5.56 Å². The summed E-state index contributed by atoms with van der Waals surface area (Å²) >= 11 is 0. The zero-order valence-corrected chi connectivity index (χ0v) is 16.5. The van der Waals surface area contributed by atoms with Crippen molar-refractivity contribution in [2.75, 3.05) is 32.7 Å². The number of hydrogen-bond donors (Lipinski definition) is 0. The van der Waals surface area contributed by atoms with E-state index in [-0.39, 0.29) is 5.56 Å². The van der Waals surface area contributed by atoms with Crippen molar-refractivity contribution in [2.24, 2.45) is 7.05 Å². The van der Waals surface area contributed by atoms with Crippen molar-refractivity contribution in [1.82, 2.24) is 29.4 Å². The van der Waals surface area contributed by atoms with Gasteiger partial charge in [-0.2, -0.15) is 10.2 Å². The fourth-order valence-electron chi connectivity index (χ4n) is 4.28. The minimum absolute atomic E-state index is 0.0137. The summed E-state index contributed by atoms with van der Waals surface area (Å²) in [5.74, 6) is 0. The van der Waals surface area contributed by atoms with Gasteiger partial charge >= 0.3 is 0 Å². The first-order valence-electron chi connectivity index (χ1n) is 10.1. The Kier molecular flexibility index (Phi) is 5.41. The molecule has 1 aliphatic heterocycles. The molecular weight excluding hydrogens is 340 g/mol. The van der Waals surface area contributed by atoms with Crippen LogP contribution in [-0.4, -0.2) is 62.1 Å². The van der Waals surface area contributed by atoms with Gasteiger partial charge in [0.15, 0.2) is 0 Å². The maximum Gasteiger partial charge on any atom is 0.266 e. The molecule has 0 atom stereocenters. The van der Waals surface area contributed by atoms with E-state index in [1.54, 1.807) is 16.8 Å². The topological polar surface area (TPSA) is 59.2 Å². The number of rotatable bonds is 5. The quantitative estimate of drug-likeness (QED) is 0.785. The second-order valence-electron chi connectivity index (χ2n) is 7.86. The molecule has 146 valence electrons. The highest BCUT2D eigenvalue weighted by Crippen LogP contribution is 2.24. The third-order valence-corrected chi connectivity index (χ3v) is 5.91. The molecule has 0 N–H and O–H groups in total. The van der Waals surface area contributed by atoms with E-state index in [2.05, 4.69) is 26.6 Å². The molecule has 1 aliphatic carbocycles. The highest BCUT2D eigenvalue weighted by Gasteiger charge is 2.23. The van der Waals surface area contributed by atoms with E-state index in [9.17, 15) is 4.79 Å². The van der Waals surface area contributed by atoms with Crippen LogP contribution in [0, 0.1) is 6.92 Å². The lowest BCUT2D eigenvalue weighted by atomic mass is 9.95. The Labute approximate surface area is 160 Å². The molecule has 0 amide bonds. The van der Waals surface area contributed by atoms with Crippen molar-refractivity contribution in [3.05, 3.63) is 45.1 Å². The Morgan fingerprint density at radius 2 is 1.70 bits per heavy atom. The van der Waals surface area contributed by atoms with Gasteiger partial charge in [0.1, 0.15) is 0 Å². The van der Waals surface area contributed by atoms with E-state index in [1.165, 1.54) is 36.2 Å². The van der Waals surface area contributed by atoms with Crippen molar-refractivity contribution in [3.63, 3.8) is 0 Å². The second-order valence-corrected chi connectivity index (χ2v) is 7.86. The minimum atomic E-state index is -0.0137. The zero-order chi connectivity index (χ0) is 18.8. The van der Waals surface area contributed by atoms with Gasteiger partial charge in [0, 0.05) is 52.4 Å². The predicted molar refractivity (Wildman–Crippen MR) is 105 cm³/mol. The SMILES string of the molecule is Cc1ccc(=O)n(CCN2CCN(Cc3c4c(nn3C)CCCC4)CC2)n1. The highest BCUT2D eigenvalue weighted by atomic mass is 16.1. The molecule has 0 unspecified atom stereocenters. The summed E-state index contributed by atoms with van der Waals surface area (Å²) in [6.45, 7) is 8.69. The van der Waals surface area contributed by atoms with Crippen molar-refractivity contribution in [3.8, 4) is 0 Å². The maximum absolute atomic E-state index is 11.9. The average molecular weight is 371 g/mol. The Balaban J connectivity index is 1.30. The minimum Gasteiger partial charge on any atom is -0.299 e. The number of aromatic nitrogens is 4. The van der Waals surface area contributed by atoms with Crippen LogP contribution in [-0.2, 0) is 33.0 Å². The summed E-state index contributed by atoms with van der Waals surface area (Å²) in [4.78, 5) is 16.9. The first kappa shape index (κ1) is 18.4. The number of hydrogen-bond acceptors (Lipinski definition) is 5. The Bertz CT molecular complexity index is 847. The van der Waals surface area contributed by atoms with Crippen LogP contribution in [0.3, 0.4) is 0 Å². The molecule has 4 rings (SSSR count). The molecular formula is C20H30N6O. The summed E-state index contributed by atoms with van der Waals surface area (Å²) in [5.41, 5.74) is 5.12. The summed E-state index contributed by atoms with van der Waals surface area (Å²) in [7, 11) is 2.09. The van der Waals surface area contributed by atoms with Crippen LogP contribution in [0.5, 0.6) is 0 Å². The van der Waals surface area contributed by atoms with E-state index >= 15 is 0 Å². The summed E-state index contributed by atoms with van der Waals surface area (Å²) < 4.78 is 3.70. The zero-order valence-electron chi connectivity index (χ0n) is 16.5. The van der Waals surface area contributed by atoms with E-state index in [1.807, 2.05) is 6.92 Å². The maximum atomic E-state index is 11.9. The summed E-state index contributed by atoms with van der Waals surface area (Å²) in [6.07, 6.45) is 4.91. The van der Waals surface area contributed by atoms with Crippen LogP contribution >= 0.6 is 0 Å². The van der Waals surface area contributed by atoms with Gasteiger partial charge in [-0.3, -0.25) is 19.3 Å². The van der Waals surface area contributed by atoms with Gasteiger partial charge < -0.3 is 0 Å². The molecule has 0 saturated carbocycles. The predicted octanol–water partition coefficient (Wildman–Crippen LogP) is 0.982. The van der Waals surface area contributed by atoms with E-state index in [0.29, 0.717) is 6.54 Å². The Morgan fingerprint density at radius 1 is 0.963 bits per heavy atom. The van der Waals surface area contributed by atoms with Gasteiger partial charge in [-0.05, 0) is 44.2 Å². The molecule has 0 bridgehead atoms. The molecule has 1 saturated heterocycles. The largest absolute Gasteiger partial charge is 0.299 e. The first-order chi connectivity index (χ1) is 13.1. The lowest BCUT2D eigenvalue weighted by molar-refractivity contribution is 0.120. The molecule has 7 nitrogen and oxygen atoms in total. The molecule has 2 aliphatic rings. The molecule has 2 aromatic heterocycles. The highest BCUT2D eigenvalue weighted by molar-refractivity contribution is 5.28. The molecule has 0 radical (unpaired) electrons. The normalized spacial score (nSPS) is 18.6. The van der Waals surface area contributed by atoms with Gasteiger partial charge in [0.2, 0.25) is 0 Å². The number of nitrogens with zero attached hydrogens (tertiary/aromatic N) is 6. The standard InChI is InChI=1S/C20H30N6O/c1-16-7-8-20(27)26(21-16)14-13-24-9-11-25(12-10-24)15-19-17-5-3-4-6-18(17)22-23(19)2/h7-8H,3-6,9-15H2,1-2H3. The Hall–Kier alpha value is -1.99. The van der Waals surface area contributed by atoms with Crippen molar-refractivity contribution < 1.29 is 0 Å². The molecule has 1 fully saturated rings. The molecule has 7 heteroatoms. The summed E-state index contributed by atoms with van der Waals surface area (Å²) in [6, 6.07) is 3.38. The lowest BCUT2D eigenvalue weighted by Crippen LogP contribution is -2.47. The summed E-state index contributed by atoms with van der Waals surface area (Å²) in [5, 5.41) is 9.08. The van der Waals surface area contributed by atoms with Gasteiger partial charge in [-0.25, -0.2) is 4.68 Å². The fraction of sp³-hybridized carbons (Fsp3) is 0.650. The monoisotopic (exact) mass is 370 g/mol. The van der Waals surface area contributed by atoms with E-state index in [4.69, 9.17) is 5.10 Å². The van der Waals surface area contributed by atoms with Crippen LogP contribution in [0.1, 0.15) is 35.5 Å². The fourth-order valence-corrected chi connectivity index (χ4v) is 4.28. The molecule has 3 heterocycles. The van der Waals surface area contributed by atoms with Crippen molar-refractivity contribution in [2.45, 2.75) is 45.7 Å². The van der Waals surface area contributed by atoms with Gasteiger partial charge in [0.05, 0.1) is 23.6 Å². The molecule has 0 aromatic carbocycles. The average Bonchev–Trinajstić information content (AvgIpc) is 2.99. The third-order valence-electron chi connectivity index (χ3n) is 5.91. The van der Waals surface area contributed by atoms with Crippen LogP contribution in [0.4, 0.5) is 0 Å². The van der Waals surface area contributed by atoms with Crippen molar-refractivity contribution in [1.29, 1.82) is 0 Å². The van der Waals surface area contributed by atoms with Crippen molar-refractivity contribution >= 4 is 0 Å². The number of aryl methyl sites for hydroxylation is 3. The van der Waals surface area contributed by atoms with Crippen LogP contribution in [0.25, 0.3) is 0 Å². The van der Waals surface area contributed by atoms with Gasteiger partial charge in [0.25, 0.3) is 5.56 Å². The lowest BCUT2D eigenvalue weighted by Gasteiger charge is -2.34. The third kappa shape index (κ3) is 4.14. The molecule has 0 spiro atoms. The second kappa shape index (κ2) is 7.94. The number of piperazine rings is 1. The molecule has 27 heavy (non-hydrogen) atoms. The Morgan fingerprint density at radius 3 is 2.52 bits per heavy atom. The van der Waals surface area contributed by atoms with E-state index < -0.39 is 0 Å². The first-order valence-corrected chi connectivity index (χ1v) is 10.1. The van der Waals surface area contributed by atoms with Crippen LogP contribution in [0.15, 0.2) is 16.9 Å².